The molecule has 0 aromatic carbocycles. The minimum absolute atomic E-state index is 0.276. The van der Waals surface area contributed by atoms with Crippen molar-refractivity contribution in [1.82, 2.24) is 19.7 Å². The van der Waals surface area contributed by atoms with Gasteiger partial charge in [0.15, 0.2) is 5.82 Å². The van der Waals surface area contributed by atoms with Crippen molar-refractivity contribution in [2.45, 2.75) is 45.2 Å². The van der Waals surface area contributed by atoms with Gasteiger partial charge in [-0.2, -0.15) is 5.10 Å². The highest BCUT2D eigenvalue weighted by Gasteiger charge is 2.24. The molecule has 3 rings (SSSR count). The van der Waals surface area contributed by atoms with Crippen molar-refractivity contribution in [2.24, 2.45) is 0 Å². The molecule has 0 radical (unpaired) electrons. The number of anilines is 2. The maximum Gasteiger partial charge on any atom is 0.150 e. The molecule has 0 fully saturated rings. The molecule has 2 aromatic heterocycles. The van der Waals surface area contributed by atoms with Crippen LogP contribution in [0.25, 0.3) is 0 Å². The lowest BCUT2D eigenvalue weighted by atomic mass is 9.93. The Bertz CT molecular complexity index is 651. The van der Waals surface area contributed by atoms with Gasteiger partial charge in [0, 0.05) is 24.2 Å². The predicted molar refractivity (Wildman–Crippen MR) is 83.5 cm³/mol. The standard InChI is InChI=1S/C14H19ClN6/c1-8(2)21-11-5-10(4-3-9(11)6-19-21)20-14-12(15)13(16)17-7-18-14/h6-8,10H,3-5H2,1-2H3,(H3,16,17,18,20)/t10-/m0/s1. The maximum absolute atomic E-state index is 6.14. The topological polar surface area (TPSA) is 81.7 Å². The van der Waals surface area contributed by atoms with Gasteiger partial charge < -0.3 is 11.1 Å². The number of nitrogens with zero attached hydrogens (tertiary/aromatic N) is 4. The molecule has 0 spiro atoms. The average molecular weight is 307 g/mol. The third kappa shape index (κ3) is 2.68. The molecule has 3 N–H and O–H groups in total. The zero-order chi connectivity index (χ0) is 15.0. The molecule has 21 heavy (non-hydrogen) atoms. The number of hydrogen-bond acceptors (Lipinski definition) is 5. The second-order valence-corrected chi connectivity index (χ2v) is 6.04. The number of fused-ring (bicyclic) bond motifs is 1. The second-order valence-electron chi connectivity index (χ2n) is 5.66. The highest BCUT2D eigenvalue weighted by molar-refractivity contribution is 6.35. The molecule has 0 aliphatic heterocycles. The number of rotatable bonds is 3. The fourth-order valence-electron chi connectivity index (χ4n) is 2.77. The van der Waals surface area contributed by atoms with Gasteiger partial charge in [-0.1, -0.05) is 11.6 Å². The summed E-state index contributed by atoms with van der Waals surface area (Å²) in [6, 6.07) is 0.643. The van der Waals surface area contributed by atoms with Crippen LogP contribution in [0.2, 0.25) is 5.02 Å². The Labute approximate surface area is 128 Å². The van der Waals surface area contributed by atoms with Crippen molar-refractivity contribution in [3.8, 4) is 0 Å². The molecule has 1 atom stereocenters. The van der Waals surface area contributed by atoms with Crippen LogP contribution in [0.15, 0.2) is 12.5 Å². The molecule has 0 saturated carbocycles. The molecule has 2 heterocycles. The highest BCUT2D eigenvalue weighted by atomic mass is 35.5. The van der Waals surface area contributed by atoms with Crippen LogP contribution in [0.5, 0.6) is 0 Å². The van der Waals surface area contributed by atoms with E-state index < -0.39 is 0 Å². The van der Waals surface area contributed by atoms with E-state index in [0.29, 0.717) is 22.7 Å². The fraction of sp³-hybridized carbons (Fsp3) is 0.500. The van der Waals surface area contributed by atoms with Gasteiger partial charge in [0.2, 0.25) is 0 Å². The minimum Gasteiger partial charge on any atom is -0.382 e. The van der Waals surface area contributed by atoms with Crippen molar-refractivity contribution in [3.05, 3.63) is 28.8 Å². The molecular weight excluding hydrogens is 288 g/mol. The first-order chi connectivity index (χ1) is 10.1. The third-order valence-electron chi connectivity index (χ3n) is 3.83. The quantitative estimate of drug-likeness (QED) is 0.910. The molecule has 1 aliphatic carbocycles. The fourth-order valence-corrected chi connectivity index (χ4v) is 2.92. The van der Waals surface area contributed by atoms with Crippen LogP contribution in [0.1, 0.15) is 37.6 Å². The Morgan fingerprint density at radius 3 is 3.00 bits per heavy atom. The van der Waals surface area contributed by atoms with E-state index >= 15 is 0 Å². The molecular formula is C14H19ClN6. The van der Waals surface area contributed by atoms with Crippen molar-refractivity contribution < 1.29 is 0 Å². The summed E-state index contributed by atoms with van der Waals surface area (Å²) in [5.41, 5.74) is 8.35. The SMILES string of the molecule is CC(C)n1ncc2c1C[C@@H](Nc1ncnc(N)c1Cl)CC2. The molecule has 7 heteroatoms. The zero-order valence-corrected chi connectivity index (χ0v) is 12.9. The summed E-state index contributed by atoms with van der Waals surface area (Å²) in [6.07, 6.45) is 6.36. The van der Waals surface area contributed by atoms with E-state index in [2.05, 4.69) is 38.9 Å². The van der Waals surface area contributed by atoms with Gasteiger partial charge in [-0.3, -0.25) is 4.68 Å². The van der Waals surface area contributed by atoms with E-state index in [1.807, 2.05) is 6.20 Å². The van der Waals surface area contributed by atoms with Gasteiger partial charge >= 0.3 is 0 Å². The lowest BCUT2D eigenvalue weighted by Gasteiger charge is -2.26. The van der Waals surface area contributed by atoms with Crippen LogP contribution in [-0.2, 0) is 12.8 Å². The van der Waals surface area contributed by atoms with Crippen molar-refractivity contribution in [1.29, 1.82) is 0 Å². The van der Waals surface area contributed by atoms with Crippen LogP contribution >= 0.6 is 11.6 Å². The van der Waals surface area contributed by atoms with Gasteiger partial charge in [0.25, 0.3) is 0 Å². The first-order valence-electron chi connectivity index (χ1n) is 7.14. The normalized spacial score (nSPS) is 17.8. The van der Waals surface area contributed by atoms with E-state index in [0.717, 1.165) is 19.3 Å². The van der Waals surface area contributed by atoms with Crippen LogP contribution in [0.4, 0.5) is 11.6 Å². The molecule has 0 bridgehead atoms. The monoisotopic (exact) mass is 306 g/mol. The number of nitrogens with one attached hydrogen (secondary N) is 1. The van der Waals surface area contributed by atoms with Crippen LogP contribution in [0, 0.1) is 0 Å². The molecule has 1 aliphatic rings. The van der Waals surface area contributed by atoms with E-state index in [1.165, 1.54) is 17.6 Å². The van der Waals surface area contributed by atoms with Gasteiger partial charge in [0.1, 0.15) is 17.2 Å². The third-order valence-corrected chi connectivity index (χ3v) is 4.21. The Hall–Kier alpha value is -1.82. The summed E-state index contributed by atoms with van der Waals surface area (Å²) in [5.74, 6) is 0.908. The second kappa shape index (κ2) is 5.52. The average Bonchev–Trinajstić information content (AvgIpc) is 2.87. The molecule has 112 valence electrons. The van der Waals surface area contributed by atoms with Gasteiger partial charge in [-0.05, 0) is 32.3 Å². The van der Waals surface area contributed by atoms with E-state index in [4.69, 9.17) is 17.3 Å². The number of nitrogens with two attached hydrogens (primary N) is 1. The van der Waals surface area contributed by atoms with E-state index in [1.54, 1.807) is 0 Å². The summed E-state index contributed by atoms with van der Waals surface area (Å²) < 4.78 is 2.10. The van der Waals surface area contributed by atoms with E-state index in [-0.39, 0.29) is 6.04 Å². The largest absolute Gasteiger partial charge is 0.382 e. The lowest BCUT2D eigenvalue weighted by Crippen LogP contribution is -2.29. The maximum atomic E-state index is 6.14. The first kappa shape index (κ1) is 14.1. The number of halogens is 1. The number of nitrogen functional groups attached to an aromatic ring is 1. The smallest absolute Gasteiger partial charge is 0.150 e. The number of hydrogen-bond donors (Lipinski definition) is 2. The zero-order valence-electron chi connectivity index (χ0n) is 12.2. The van der Waals surface area contributed by atoms with Crippen molar-refractivity contribution in [3.63, 3.8) is 0 Å². The van der Waals surface area contributed by atoms with Gasteiger partial charge in [0.05, 0.1) is 6.20 Å². The summed E-state index contributed by atoms with van der Waals surface area (Å²) in [4.78, 5) is 8.06. The summed E-state index contributed by atoms with van der Waals surface area (Å²) >= 11 is 6.14. The van der Waals surface area contributed by atoms with Crippen LogP contribution in [0.3, 0.4) is 0 Å². The predicted octanol–water partition coefficient (Wildman–Crippen LogP) is 2.46. The minimum atomic E-state index is 0.276. The molecule has 0 unspecified atom stereocenters. The van der Waals surface area contributed by atoms with Crippen molar-refractivity contribution in [2.75, 3.05) is 11.1 Å². The first-order valence-corrected chi connectivity index (χ1v) is 7.51. The van der Waals surface area contributed by atoms with Crippen LogP contribution < -0.4 is 11.1 Å². The summed E-state index contributed by atoms with van der Waals surface area (Å²) in [7, 11) is 0. The van der Waals surface area contributed by atoms with Gasteiger partial charge in [-0.25, -0.2) is 9.97 Å². The highest BCUT2D eigenvalue weighted by Crippen LogP contribution is 2.28. The van der Waals surface area contributed by atoms with Crippen LogP contribution in [-0.4, -0.2) is 25.8 Å². The molecule has 2 aromatic rings. The van der Waals surface area contributed by atoms with Gasteiger partial charge in [-0.15, -0.1) is 0 Å². The van der Waals surface area contributed by atoms with E-state index in [9.17, 15) is 0 Å². The Kier molecular flexibility index (Phi) is 3.71. The molecule has 0 saturated heterocycles. The Morgan fingerprint density at radius 2 is 2.24 bits per heavy atom. The molecule has 6 nitrogen and oxygen atoms in total. The number of aryl methyl sites for hydroxylation is 1. The summed E-state index contributed by atoms with van der Waals surface area (Å²) in [6.45, 7) is 4.29. The van der Waals surface area contributed by atoms with Crippen molar-refractivity contribution >= 4 is 23.2 Å². The Morgan fingerprint density at radius 1 is 1.43 bits per heavy atom. The summed E-state index contributed by atoms with van der Waals surface area (Å²) in [5, 5.41) is 8.26. The molecule has 0 amide bonds. The lowest BCUT2D eigenvalue weighted by molar-refractivity contribution is 0.484. The number of aromatic nitrogens is 4. The Balaban J connectivity index is 1.80.